The number of aliphatic hydroxyl groups excluding tert-OH is 2. The Hall–Kier alpha value is -0.410. The number of rotatable bonds is 9. The molecule has 0 aromatic carbocycles. The zero-order chi connectivity index (χ0) is 22.1. The minimum atomic E-state index is -0.100. The SMILES string of the molecule is C[C@]12CCC(=O)CC1CC(CCCCCCCCCO)[C@@H]1[C@H]2CC[C@]2(C)C(O)CC[C@@H]12. The van der Waals surface area contributed by atoms with Crippen molar-refractivity contribution in [1.29, 1.82) is 0 Å². The van der Waals surface area contributed by atoms with Crippen molar-refractivity contribution in [2.45, 2.75) is 123 Å². The normalized spacial score (nSPS) is 44.6. The highest BCUT2D eigenvalue weighted by atomic mass is 16.3. The maximum atomic E-state index is 12.4. The molecule has 4 rings (SSSR count). The van der Waals surface area contributed by atoms with Crippen LogP contribution in [-0.2, 0) is 4.79 Å². The van der Waals surface area contributed by atoms with Crippen molar-refractivity contribution in [1.82, 2.24) is 0 Å². The molecule has 31 heavy (non-hydrogen) atoms. The molecule has 0 heterocycles. The summed E-state index contributed by atoms with van der Waals surface area (Å²) in [5.74, 6) is 4.12. The molecule has 3 heteroatoms. The highest BCUT2D eigenvalue weighted by molar-refractivity contribution is 5.79. The molecule has 0 spiro atoms. The Morgan fingerprint density at radius 1 is 0.871 bits per heavy atom. The largest absolute Gasteiger partial charge is 0.396 e. The Morgan fingerprint density at radius 2 is 1.55 bits per heavy atom. The fraction of sp³-hybridized carbons (Fsp3) is 0.964. The fourth-order valence-corrected chi connectivity index (χ4v) is 8.89. The van der Waals surface area contributed by atoms with Crippen molar-refractivity contribution in [3.63, 3.8) is 0 Å². The molecule has 0 aliphatic heterocycles. The van der Waals surface area contributed by atoms with Crippen LogP contribution < -0.4 is 0 Å². The number of carbonyl (C=O) groups excluding carboxylic acids is 1. The van der Waals surface area contributed by atoms with Gasteiger partial charge in [-0.1, -0.05) is 58.8 Å². The maximum Gasteiger partial charge on any atom is 0.133 e. The van der Waals surface area contributed by atoms with E-state index in [1.54, 1.807) is 0 Å². The molecule has 8 atom stereocenters. The zero-order valence-corrected chi connectivity index (χ0v) is 20.3. The van der Waals surface area contributed by atoms with E-state index in [0.717, 1.165) is 49.9 Å². The topological polar surface area (TPSA) is 57.5 Å². The van der Waals surface area contributed by atoms with E-state index >= 15 is 0 Å². The first-order valence-electron chi connectivity index (χ1n) is 13.7. The molecular formula is C28H48O3. The third kappa shape index (κ3) is 4.52. The average Bonchev–Trinajstić information content (AvgIpc) is 3.05. The van der Waals surface area contributed by atoms with Gasteiger partial charge in [-0.15, -0.1) is 0 Å². The molecule has 4 saturated carbocycles. The fourth-order valence-electron chi connectivity index (χ4n) is 8.89. The van der Waals surface area contributed by atoms with Gasteiger partial charge in [-0.05, 0) is 85.4 Å². The zero-order valence-electron chi connectivity index (χ0n) is 20.3. The van der Waals surface area contributed by atoms with E-state index in [-0.39, 0.29) is 11.5 Å². The van der Waals surface area contributed by atoms with Crippen molar-refractivity contribution in [3.05, 3.63) is 0 Å². The van der Waals surface area contributed by atoms with Gasteiger partial charge in [0.1, 0.15) is 5.78 Å². The van der Waals surface area contributed by atoms with Crippen LogP contribution in [0.2, 0.25) is 0 Å². The summed E-state index contributed by atoms with van der Waals surface area (Å²) in [6.45, 7) is 5.27. The van der Waals surface area contributed by atoms with Gasteiger partial charge in [0.15, 0.2) is 0 Å². The molecule has 0 amide bonds. The first kappa shape index (κ1) is 23.7. The number of ketones is 1. The van der Waals surface area contributed by atoms with Crippen molar-refractivity contribution in [2.75, 3.05) is 6.61 Å². The monoisotopic (exact) mass is 432 g/mol. The van der Waals surface area contributed by atoms with Crippen LogP contribution >= 0.6 is 0 Å². The van der Waals surface area contributed by atoms with Gasteiger partial charge in [-0.25, -0.2) is 0 Å². The lowest BCUT2D eigenvalue weighted by Crippen LogP contribution is -2.57. The highest BCUT2D eigenvalue weighted by Crippen LogP contribution is 2.67. The van der Waals surface area contributed by atoms with Crippen LogP contribution in [-0.4, -0.2) is 28.7 Å². The van der Waals surface area contributed by atoms with E-state index in [2.05, 4.69) is 13.8 Å². The Bertz CT molecular complexity index is 617. The molecule has 0 aromatic heterocycles. The van der Waals surface area contributed by atoms with Gasteiger partial charge in [-0.3, -0.25) is 4.79 Å². The summed E-state index contributed by atoms with van der Waals surface area (Å²) in [4.78, 5) is 12.4. The summed E-state index contributed by atoms with van der Waals surface area (Å²) in [5.41, 5.74) is 0.496. The van der Waals surface area contributed by atoms with Crippen molar-refractivity contribution >= 4 is 5.78 Å². The lowest BCUT2D eigenvalue weighted by molar-refractivity contribution is -0.156. The van der Waals surface area contributed by atoms with Gasteiger partial charge in [0.05, 0.1) is 6.10 Å². The summed E-state index contributed by atoms with van der Waals surface area (Å²) < 4.78 is 0. The van der Waals surface area contributed by atoms with Gasteiger partial charge in [0.25, 0.3) is 0 Å². The van der Waals surface area contributed by atoms with E-state index in [4.69, 9.17) is 5.11 Å². The van der Waals surface area contributed by atoms with E-state index in [9.17, 15) is 9.90 Å². The third-order valence-electron chi connectivity index (χ3n) is 10.8. The van der Waals surface area contributed by atoms with Gasteiger partial charge >= 0.3 is 0 Å². The van der Waals surface area contributed by atoms with Crippen molar-refractivity contribution in [2.24, 2.45) is 40.4 Å². The number of hydrogen-bond donors (Lipinski definition) is 2. The molecular weight excluding hydrogens is 384 g/mol. The lowest BCUT2D eigenvalue weighted by Gasteiger charge is -2.62. The van der Waals surface area contributed by atoms with E-state index in [0.29, 0.717) is 29.6 Å². The second-order valence-corrected chi connectivity index (χ2v) is 12.4. The van der Waals surface area contributed by atoms with Crippen LogP contribution in [0.3, 0.4) is 0 Å². The van der Waals surface area contributed by atoms with Crippen LogP contribution in [0.5, 0.6) is 0 Å². The smallest absolute Gasteiger partial charge is 0.133 e. The minimum absolute atomic E-state index is 0.100. The van der Waals surface area contributed by atoms with Crippen molar-refractivity contribution in [3.8, 4) is 0 Å². The number of carbonyl (C=O) groups is 1. The number of Topliss-reactive ketones (excluding diaryl/α,β-unsaturated/α-hetero) is 1. The minimum Gasteiger partial charge on any atom is -0.396 e. The Labute approximate surface area is 190 Å². The standard InChI is InChI=1S/C28H48O3/c1-27-15-13-22(30)19-21(27)18-20(10-8-6-4-3-5-7-9-17-29)26-23-11-12-25(31)28(23,2)16-14-24(26)27/h20-21,23-26,29,31H,3-19H2,1-2H3/t20?,21?,23-,24+,25?,26-,27-,28-/m0/s1. The van der Waals surface area contributed by atoms with Gasteiger partial charge < -0.3 is 10.2 Å². The summed E-state index contributed by atoms with van der Waals surface area (Å²) in [6, 6.07) is 0. The van der Waals surface area contributed by atoms with Crippen LogP contribution in [0.15, 0.2) is 0 Å². The predicted molar refractivity (Wildman–Crippen MR) is 126 cm³/mol. The molecule has 0 radical (unpaired) electrons. The quantitative estimate of drug-likeness (QED) is 0.420. The summed E-state index contributed by atoms with van der Waals surface area (Å²) in [5, 5.41) is 19.8. The van der Waals surface area contributed by atoms with E-state index in [1.807, 2.05) is 0 Å². The molecule has 4 aliphatic rings. The van der Waals surface area contributed by atoms with Gasteiger partial charge in [0.2, 0.25) is 0 Å². The van der Waals surface area contributed by atoms with Crippen LogP contribution in [0.1, 0.15) is 117 Å². The molecule has 3 nitrogen and oxygen atoms in total. The summed E-state index contributed by atoms with van der Waals surface area (Å²) in [6.07, 6.45) is 18.6. The second kappa shape index (κ2) is 9.84. The molecule has 2 N–H and O–H groups in total. The number of unbranched alkanes of at least 4 members (excludes halogenated alkanes) is 6. The molecule has 0 saturated heterocycles. The Kier molecular flexibility index (Phi) is 7.53. The van der Waals surface area contributed by atoms with Crippen LogP contribution in [0.4, 0.5) is 0 Å². The second-order valence-electron chi connectivity index (χ2n) is 12.4. The molecule has 178 valence electrons. The first-order valence-corrected chi connectivity index (χ1v) is 13.7. The molecule has 4 aliphatic carbocycles. The van der Waals surface area contributed by atoms with Crippen LogP contribution in [0.25, 0.3) is 0 Å². The first-order chi connectivity index (χ1) is 14.9. The number of hydrogen-bond acceptors (Lipinski definition) is 3. The maximum absolute atomic E-state index is 12.4. The van der Waals surface area contributed by atoms with Crippen LogP contribution in [0, 0.1) is 40.4 Å². The lowest BCUT2D eigenvalue weighted by atomic mass is 9.42. The highest BCUT2D eigenvalue weighted by Gasteiger charge is 2.62. The molecule has 0 aromatic rings. The number of aliphatic hydroxyl groups is 2. The summed E-state index contributed by atoms with van der Waals surface area (Å²) in [7, 11) is 0. The molecule has 4 fully saturated rings. The van der Waals surface area contributed by atoms with Crippen molar-refractivity contribution < 1.29 is 15.0 Å². The average molecular weight is 433 g/mol. The van der Waals surface area contributed by atoms with Gasteiger partial charge in [0, 0.05) is 19.4 Å². The number of fused-ring (bicyclic) bond motifs is 5. The Morgan fingerprint density at radius 3 is 2.29 bits per heavy atom. The van der Waals surface area contributed by atoms with Gasteiger partial charge in [-0.2, -0.15) is 0 Å². The predicted octanol–water partition coefficient (Wildman–Crippen LogP) is 6.30. The molecule has 3 unspecified atom stereocenters. The van der Waals surface area contributed by atoms with E-state index < -0.39 is 0 Å². The molecule has 0 bridgehead atoms. The summed E-state index contributed by atoms with van der Waals surface area (Å²) >= 11 is 0. The van der Waals surface area contributed by atoms with E-state index in [1.165, 1.54) is 70.6 Å². The third-order valence-corrected chi connectivity index (χ3v) is 10.8. The Balaban J connectivity index is 1.43.